The molecule has 0 saturated heterocycles. The molecule has 2 rings (SSSR count). The summed E-state index contributed by atoms with van der Waals surface area (Å²) >= 11 is 0. The predicted octanol–water partition coefficient (Wildman–Crippen LogP) is 2.23. The summed E-state index contributed by atoms with van der Waals surface area (Å²) in [5.41, 5.74) is 1.11. The summed E-state index contributed by atoms with van der Waals surface area (Å²) in [5, 5.41) is 4.34. The van der Waals surface area contributed by atoms with Crippen molar-refractivity contribution in [1.29, 1.82) is 0 Å². The molecule has 0 spiro atoms. The number of aromatic nitrogens is 2. The van der Waals surface area contributed by atoms with Crippen molar-refractivity contribution < 1.29 is 17.9 Å². The molecule has 7 nitrogen and oxygen atoms in total. The van der Waals surface area contributed by atoms with Crippen LogP contribution < -0.4 is 9.47 Å². The van der Waals surface area contributed by atoms with Crippen molar-refractivity contribution in [3.8, 4) is 11.5 Å². The van der Waals surface area contributed by atoms with Crippen molar-refractivity contribution in [3.63, 3.8) is 0 Å². The first-order valence-corrected chi connectivity index (χ1v) is 9.53. The molecule has 2 aromatic rings. The lowest BCUT2D eigenvalue weighted by atomic mass is 10.3. The van der Waals surface area contributed by atoms with E-state index >= 15 is 0 Å². The normalized spacial score (nSPS) is 11.8. The fraction of sp³-hybridized carbons (Fsp3) is 0.471. The van der Waals surface area contributed by atoms with Crippen molar-refractivity contribution in [2.45, 2.75) is 32.2 Å². The highest BCUT2D eigenvalue weighted by atomic mass is 32.2. The van der Waals surface area contributed by atoms with Gasteiger partial charge in [0.25, 0.3) is 0 Å². The first kappa shape index (κ1) is 19.3. The lowest BCUT2D eigenvalue weighted by Crippen LogP contribution is -2.23. The van der Waals surface area contributed by atoms with Crippen LogP contribution in [0, 0.1) is 13.8 Å². The molecular weight excluding hydrogens is 342 g/mol. The van der Waals surface area contributed by atoms with E-state index in [1.165, 1.54) is 18.4 Å². The minimum absolute atomic E-state index is 0.263. The molecular formula is C17H25N3O4S. The number of hydrogen-bond donors (Lipinski definition) is 0. The average Bonchev–Trinajstić information content (AvgIpc) is 2.84. The van der Waals surface area contributed by atoms with Gasteiger partial charge in [0.2, 0.25) is 10.0 Å². The fourth-order valence-corrected chi connectivity index (χ4v) is 3.76. The molecule has 1 heterocycles. The van der Waals surface area contributed by atoms with E-state index in [9.17, 15) is 8.42 Å². The summed E-state index contributed by atoms with van der Waals surface area (Å²) in [4.78, 5) is 0.263. The van der Waals surface area contributed by atoms with Crippen LogP contribution in [0.15, 0.2) is 29.2 Å². The molecule has 0 atom stereocenters. The van der Waals surface area contributed by atoms with Gasteiger partial charge in [0.05, 0.1) is 24.5 Å². The zero-order valence-electron chi connectivity index (χ0n) is 15.3. The van der Waals surface area contributed by atoms with Crippen LogP contribution in [0.1, 0.15) is 18.3 Å². The van der Waals surface area contributed by atoms with Crippen molar-refractivity contribution in [3.05, 3.63) is 35.7 Å². The van der Waals surface area contributed by atoms with Gasteiger partial charge in [0.1, 0.15) is 23.0 Å². The van der Waals surface area contributed by atoms with Crippen molar-refractivity contribution in [2.75, 3.05) is 27.3 Å². The second kappa shape index (κ2) is 7.88. The molecule has 0 amide bonds. The number of nitrogens with zero attached hydrogens (tertiary/aromatic N) is 3. The van der Waals surface area contributed by atoms with Crippen LogP contribution in [0.2, 0.25) is 0 Å². The molecule has 0 N–H and O–H groups in total. The maximum absolute atomic E-state index is 12.4. The zero-order valence-corrected chi connectivity index (χ0v) is 16.1. The second-order valence-corrected chi connectivity index (χ2v) is 7.85. The first-order chi connectivity index (χ1) is 11.8. The Bertz CT molecular complexity index is 811. The van der Waals surface area contributed by atoms with E-state index in [-0.39, 0.29) is 4.90 Å². The molecule has 1 aromatic carbocycles. The summed E-state index contributed by atoms with van der Waals surface area (Å²) in [7, 11) is -0.481. The molecule has 0 radical (unpaired) electrons. The Kier molecular flexibility index (Phi) is 6.07. The monoisotopic (exact) mass is 367 g/mol. The summed E-state index contributed by atoms with van der Waals surface area (Å²) in [6.07, 6.45) is 0. The van der Waals surface area contributed by atoms with Gasteiger partial charge >= 0.3 is 0 Å². The van der Waals surface area contributed by atoms with Gasteiger partial charge < -0.3 is 9.47 Å². The van der Waals surface area contributed by atoms with Crippen LogP contribution in [-0.2, 0) is 16.6 Å². The third-order valence-corrected chi connectivity index (χ3v) is 5.83. The Hall–Kier alpha value is -2.06. The predicted molar refractivity (Wildman–Crippen MR) is 95.7 cm³/mol. The third kappa shape index (κ3) is 4.32. The Morgan fingerprint density at radius 2 is 1.64 bits per heavy atom. The van der Waals surface area contributed by atoms with Gasteiger partial charge in [-0.3, -0.25) is 4.68 Å². The fourth-order valence-electron chi connectivity index (χ4n) is 2.50. The van der Waals surface area contributed by atoms with Gasteiger partial charge in [-0.2, -0.15) is 5.10 Å². The molecule has 0 aliphatic heterocycles. The number of hydrogen-bond acceptors (Lipinski definition) is 5. The van der Waals surface area contributed by atoms with E-state index in [1.54, 1.807) is 18.5 Å². The largest absolute Gasteiger partial charge is 0.494 e. The number of benzene rings is 1. The number of aryl methyl sites for hydroxylation is 1. The van der Waals surface area contributed by atoms with E-state index in [4.69, 9.17) is 9.47 Å². The van der Waals surface area contributed by atoms with Crippen LogP contribution in [-0.4, -0.2) is 49.8 Å². The van der Waals surface area contributed by atoms with E-state index < -0.39 is 10.0 Å². The topological polar surface area (TPSA) is 73.7 Å². The molecule has 0 unspecified atom stereocenters. The summed E-state index contributed by atoms with van der Waals surface area (Å²) in [6.45, 7) is 6.86. The van der Waals surface area contributed by atoms with Gasteiger partial charge in [-0.1, -0.05) is 0 Å². The Balaban J connectivity index is 2.04. The molecule has 0 aliphatic rings. The van der Waals surface area contributed by atoms with Gasteiger partial charge in [0, 0.05) is 14.1 Å². The van der Waals surface area contributed by atoms with E-state index in [0.29, 0.717) is 31.1 Å². The Labute approximate surface area is 149 Å². The lowest BCUT2D eigenvalue weighted by Gasteiger charge is -2.12. The van der Waals surface area contributed by atoms with Gasteiger partial charge in [-0.25, -0.2) is 12.7 Å². The summed E-state index contributed by atoms with van der Waals surface area (Å²) in [5.74, 6) is 1.53. The second-order valence-electron chi connectivity index (χ2n) is 5.76. The molecule has 8 heteroatoms. The SMILES string of the molecule is CCOc1ccc(OCCn2nc(C)c(S(=O)(=O)N(C)C)c2C)cc1. The number of ether oxygens (including phenoxy) is 2. The van der Waals surface area contributed by atoms with Crippen LogP contribution in [0.4, 0.5) is 0 Å². The minimum Gasteiger partial charge on any atom is -0.494 e. The maximum atomic E-state index is 12.4. The van der Waals surface area contributed by atoms with Crippen LogP contribution >= 0.6 is 0 Å². The third-order valence-electron chi connectivity index (χ3n) is 3.76. The van der Waals surface area contributed by atoms with Gasteiger partial charge in [-0.05, 0) is 45.0 Å². The van der Waals surface area contributed by atoms with Crippen molar-refractivity contribution >= 4 is 10.0 Å². The summed E-state index contributed by atoms with van der Waals surface area (Å²) < 4.78 is 38.8. The van der Waals surface area contributed by atoms with Gasteiger partial charge in [0.15, 0.2) is 0 Å². The highest BCUT2D eigenvalue weighted by molar-refractivity contribution is 7.89. The molecule has 1 aromatic heterocycles. The molecule has 0 saturated carbocycles. The smallest absolute Gasteiger partial charge is 0.246 e. The van der Waals surface area contributed by atoms with Crippen molar-refractivity contribution in [1.82, 2.24) is 14.1 Å². The standard InChI is InChI=1S/C17H25N3O4S/c1-6-23-15-7-9-16(10-8-15)24-12-11-20-14(3)17(13(2)18-20)25(21,22)19(4)5/h7-10H,6,11-12H2,1-5H3. The molecule has 25 heavy (non-hydrogen) atoms. The first-order valence-electron chi connectivity index (χ1n) is 8.09. The number of rotatable bonds is 8. The van der Waals surface area contributed by atoms with E-state index in [0.717, 1.165) is 11.5 Å². The van der Waals surface area contributed by atoms with Crippen LogP contribution in [0.3, 0.4) is 0 Å². The Morgan fingerprint density at radius 1 is 1.08 bits per heavy atom. The zero-order chi connectivity index (χ0) is 18.6. The van der Waals surface area contributed by atoms with Crippen LogP contribution in [0.25, 0.3) is 0 Å². The molecule has 0 bridgehead atoms. The van der Waals surface area contributed by atoms with Crippen LogP contribution in [0.5, 0.6) is 11.5 Å². The van der Waals surface area contributed by atoms with Crippen molar-refractivity contribution in [2.24, 2.45) is 0 Å². The molecule has 0 aliphatic carbocycles. The van der Waals surface area contributed by atoms with Gasteiger partial charge in [-0.15, -0.1) is 0 Å². The quantitative estimate of drug-likeness (QED) is 0.715. The molecule has 0 fully saturated rings. The summed E-state index contributed by atoms with van der Waals surface area (Å²) in [6, 6.07) is 7.38. The van der Waals surface area contributed by atoms with E-state index in [2.05, 4.69) is 5.10 Å². The Morgan fingerprint density at radius 3 is 2.16 bits per heavy atom. The minimum atomic E-state index is -3.51. The highest BCUT2D eigenvalue weighted by Gasteiger charge is 2.26. The lowest BCUT2D eigenvalue weighted by molar-refractivity contribution is 0.288. The number of sulfonamides is 1. The highest BCUT2D eigenvalue weighted by Crippen LogP contribution is 2.22. The van der Waals surface area contributed by atoms with E-state index in [1.807, 2.05) is 31.2 Å². The average molecular weight is 367 g/mol. The maximum Gasteiger partial charge on any atom is 0.246 e. The molecule has 138 valence electrons.